The van der Waals surface area contributed by atoms with E-state index in [1.165, 1.54) is 5.56 Å². The van der Waals surface area contributed by atoms with Crippen LogP contribution in [0.1, 0.15) is 28.8 Å². The van der Waals surface area contributed by atoms with E-state index < -0.39 is 0 Å². The number of rotatable bonds is 6. The fourth-order valence-electron chi connectivity index (χ4n) is 3.54. The Balaban J connectivity index is 1.57. The van der Waals surface area contributed by atoms with Crippen LogP contribution in [-0.2, 0) is 25.9 Å². The molecule has 0 bridgehead atoms. The van der Waals surface area contributed by atoms with E-state index in [0.29, 0.717) is 24.5 Å². The Bertz CT molecular complexity index is 972. The predicted molar refractivity (Wildman–Crippen MR) is 108 cm³/mol. The quantitative estimate of drug-likeness (QED) is 0.707. The molecule has 6 heteroatoms. The molecule has 0 unspecified atom stereocenters. The van der Waals surface area contributed by atoms with Crippen LogP contribution in [0.25, 0.3) is 11.5 Å². The molecular weight excluding hydrogens is 353 g/mol. The van der Waals surface area contributed by atoms with Gasteiger partial charge in [0, 0.05) is 36.1 Å². The van der Waals surface area contributed by atoms with Crippen molar-refractivity contribution in [2.75, 3.05) is 19.4 Å². The van der Waals surface area contributed by atoms with Crippen molar-refractivity contribution in [2.45, 2.75) is 32.4 Å². The lowest BCUT2D eigenvalue weighted by Crippen LogP contribution is -2.12. The van der Waals surface area contributed by atoms with Crippen LogP contribution in [0.15, 0.2) is 42.6 Å². The monoisotopic (exact) mass is 377 g/mol. The SMILES string of the molecule is CN(C)Cc1ccc(CNc2nc(-c3ccccn3)nc3c2CCC3)cc1F. The van der Waals surface area contributed by atoms with Crippen molar-refractivity contribution >= 4 is 5.82 Å². The molecule has 5 nitrogen and oxygen atoms in total. The Kier molecular flexibility index (Phi) is 5.30. The van der Waals surface area contributed by atoms with Gasteiger partial charge >= 0.3 is 0 Å². The normalized spacial score (nSPS) is 13.0. The van der Waals surface area contributed by atoms with Gasteiger partial charge in [-0.2, -0.15) is 0 Å². The summed E-state index contributed by atoms with van der Waals surface area (Å²) in [5.41, 5.74) is 4.62. The molecular formula is C22H24FN5. The number of nitrogens with zero attached hydrogens (tertiary/aromatic N) is 4. The largest absolute Gasteiger partial charge is 0.366 e. The van der Waals surface area contributed by atoms with Crippen molar-refractivity contribution in [1.29, 1.82) is 0 Å². The van der Waals surface area contributed by atoms with E-state index >= 15 is 0 Å². The number of pyridine rings is 1. The maximum Gasteiger partial charge on any atom is 0.180 e. The first-order valence-corrected chi connectivity index (χ1v) is 9.57. The lowest BCUT2D eigenvalue weighted by Gasteiger charge is -2.14. The van der Waals surface area contributed by atoms with Gasteiger partial charge in [0.15, 0.2) is 5.82 Å². The number of hydrogen-bond donors (Lipinski definition) is 1. The molecule has 0 atom stereocenters. The molecule has 1 N–H and O–H groups in total. The van der Waals surface area contributed by atoms with Crippen molar-refractivity contribution in [1.82, 2.24) is 19.9 Å². The van der Waals surface area contributed by atoms with Crippen LogP contribution in [0.3, 0.4) is 0 Å². The van der Waals surface area contributed by atoms with E-state index in [1.807, 2.05) is 49.3 Å². The molecule has 0 radical (unpaired) electrons. The first-order valence-electron chi connectivity index (χ1n) is 9.57. The van der Waals surface area contributed by atoms with Crippen molar-refractivity contribution < 1.29 is 4.39 Å². The van der Waals surface area contributed by atoms with Crippen LogP contribution >= 0.6 is 0 Å². The number of hydrogen-bond acceptors (Lipinski definition) is 5. The van der Waals surface area contributed by atoms with Gasteiger partial charge < -0.3 is 10.2 Å². The highest BCUT2D eigenvalue weighted by Crippen LogP contribution is 2.29. The van der Waals surface area contributed by atoms with Gasteiger partial charge in [-0.15, -0.1) is 0 Å². The number of benzene rings is 1. The lowest BCUT2D eigenvalue weighted by molar-refractivity contribution is 0.392. The summed E-state index contributed by atoms with van der Waals surface area (Å²) in [6, 6.07) is 11.2. The standard InChI is InChI=1S/C22H24FN5/c1-28(2)14-16-10-9-15(12-18(16)23)13-25-21-17-6-5-8-19(17)26-22(27-21)20-7-3-4-11-24-20/h3-4,7,9-12H,5-6,8,13-14H2,1-2H3,(H,25,26,27). The highest BCUT2D eigenvalue weighted by molar-refractivity contribution is 5.57. The first-order chi connectivity index (χ1) is 13.6. The number of fused-ring (bicyclic) bond motifs is 1. The second-order valence-electron chi connectivity index (χ2n) is 7.41. The second-order valence-corrected chi connectivity index (χ2v) is 7.41. The Morgan fingerprint density at radius 2 is 2.00 bits per heavy atom. The molecule has 28 heavy (non-hydrogen) atoms. The highest BCUT2D eigenvalue weighted by atomic mass is 19.1. The summed E-state index contributed by atoms with van der Waals surface area (Å²) >= 11 is 0. The third-order valence-corrected chi connectivity index (χ3v) is 4.89. The molecule has 2 heterocycles. The van der Waals surface area contributed by atoms with E-state index in [1.54, 1.807) is 12.3 Å². The summed E-state index contributed by atoms with van der Waals surface area (Å²) in [5.74, 6) is 1.30. The molecule has 2 aromatic heterocycles. The summed E-state index contributed by atoms with van der Waals surface area (Å²) in [6.07, 6.45) is 4.76. The van der Waals surface area contributed by atoms with Crippen LogP contribution in [0.5, 0.6) is 0 Å². The zero-order chi connectivity index (χ0) is 19.5. The van der Waals surface area contributed by atoms with Gasteiger partial charge in [0.05, 0.1) is 0 Å². The van der Waals surface area contributed by atoms with Gasteiger partial charge in [-0.25, -0.2) is 14.4 Å². The Morgan fingerprint density at radius 3 is 2.75 bits per heavy atom. The lowest BCUT2D eigenvalue weighted by atomic mass is 10.1. The van der Waals surface area contributed by atoms with Crippen molar-refractivity contribution in [3.05, 3.63) is 70.8 Å². The second kappa shape index (κ2) is 8.02. The maximum absolute atomic E-state index is 14.4. The summed E-state index contributed by atoms with van der Waals surface area (Å²) in [6.45, 7) is 1.11. The van der Waals surface area contributed by atoms with Gasteiger partial charge in [0.2, 0.25) is 0 Å². The van der Waals surface area contributed by atoms with Crippen LogP contribution in [-0.4, -0.2) is 33.9 Å². The smallest absolute Gasteiger partial charge is 0.180 e. The zero-order valence-electron chi connectivity index (χ0n) is 16.2. The maximum atomic E-state index is 14.4. The number of nitrogens with one attached hydrogen (secondary N) is 1. The molecule has 3 aromatic rings. The van der Waals surface area contributed by atoms with E-state index in [-0.39, 0.29) is 5.82 Å². The molecule has 1 aromatic carbocycles. The Labute approximate surface area is 164 Å². The van der Waals surface area contributed by atoms with E-state index in [4.69, 9.17) is 9.97 Å². The van der Waals surface area contributed by atoms with Gasteiger partial charge in [-0.1, -0.05) is 18.2 Å². The number of halogens is 1. The highest BCUT2D eigenvalue weighted by Gasteiger charge is 2.20. The summed E-state index contributed by atoms with van der Waals surface area (Å²) in [5, 5.41) is 3.40. The third-order valence-electron chi connectivity index (χ3n) is 4.89. The summed E-state index contributed by atoms with van der Waals surface area (Å²) < 4.78 is 14.4. The van der Waals surface area contributed by atoms with Gasteiger partial charge in [-0.3, -0.25) is 4.98 Å². The fourth-order valence-corrected chi connectivity index (χ4v) is 3.54. The number of aromatic nitrogens is 3. The Morgan fingerprint density at radius 1 is 1.11 bits per heavy atom. The average Bonchev–Trinajstić information content (AvgIpc) is 3.17. The van der Waals surface area contributed by atoms with Crippen LogP contribution in [0, 0.1) is 5.82 Å². The molecule has 4 rings (SSSR count). The van der Waals surface area contributed by atoms with Crippen molar-refractivity contribution in [3.63, 3.8) is 0 Å². The third kappa shape index (κ3) is 4.02. The molecule has 0 saturated heterocycles. The number of anilines is 1. The molecule has 1 aliphatic carbocycles. The van der Waals surface area contributed by atoms with Gasteiger partial charge in [0.1, 0.15) is 17.3 Å². The zero-order valence-corrected chi connectivity index (χ0v) is 16.2. The molecule has 0 aliphatic heterocycles. The minimum absolute atomic E-state index is 0.171. The number of aryl methyl sites for hydroxylation is 1. The van der Waals surface area contributed by atoms with Crippen LogP contribution in [0.2, 0.25) is 0 Å². The summed E-state index contributed by atoms with van der Waals surface area (Å²) in [7, 11) is 3.87. The molecule has 1 aliphatic rings. The summed E-state index contributed by atoms with van der Waals surface area (Å²) in [4.78, 5) is 15.8. The van der Waals surface area contributed by atoms with E-state index in [0.717, 1.165) is 42.0 Å². The van der Waals surface area contributed by atoms with E-state index in [2.05, 4.69) is 10.3 Å². The van der Waals surface area contributed by atoms with E-state index in [9.17, 15) is 4.39 Å². The van der Waals surface area contributed by atoms with Crippen LogP contribution in [0.4, 0.5) is 10.2 Å². The first kappa shape index (κ1) is 18.5. The molecule has 144 valence electrons. The molecule has 0 spiro atoms. The fraction of sp³-hybridized carbons (Fsp3) is 0.318. The Hall–Kier alpha value is -2.86. The van der Waals surface area contributed by atoms with Crippen molar-refractivity contribution in [2.24, 2.45) is 0 Å². The van der Waals surface area contributed by atoms with Crippen LogP contribution < -0.4 is 5.32 Å². The molecule has 0 fully saturated rings. The minimum Gasteiger partial charge on any atom is -0.366 e. The average molecular weight is 377 g/mol. The molecule has 0 amide bonds. The molecule has 0 saturated carbocycles. The van der Waals surface area contributed by atoms with Gasteiger partial charge in [-0.05, 0) is 57.1 Å². The van der Waals surface area contributed by atoms with Gasteiger partial charge in [0.25, 0.3) is 0 Å². The minimum atomic E-state index is -0.171. The topological polar surface area (TPSA) is 53.9 Å². The predicted octanol–water partition coefficient (Wildman–Crippen LogP) is 3.84. The van der Waals surface area contributed by atoms with Crippen molar-refractivity contribution in [3.8, 4) is 11.5 Å².